The van der Waals surface area contributed by atoms with Crippen LogP contribution in [0.5, 0.6) is 5.75 Å². The molecule has 0 radical (unpaired) electrons. The molecule has 0 saturated carbocycles. The number of hydrogen-bond donors (Lipinski definition) is 0. The van der Waals surface area contributed by atoms with Crippen molar-refractivity contribution in [3.8, 4) is 5.75 Å². The first-order valence-corrected chi connectivity index (χ1v) is 9.23. The minimum Gasteiger partial charge on any atom is -0.379 e. The van der Waals surface area contributed by atoms with Crippen molar-refractivity contribution in [1.82, 2.24) is 4.90 Å². The van der Waals surface area contributed by atoms with Gasteiger partial charge >= 0.3 is 10.1 Å². The first kappa shape index (κ1) is 17.4. The van der Waals surface area contributed by atoms with Crippen molar-refractivity contribution >= 4 is 16.0 Å². The maximum atomic E-state index is 12.3. The summed E-state index contributed by atoms with van der Waals surface area (Å²) in [6.07, 6.45) is -0.231. The molecule has 0 bridgehead atoms. The highest BCUT2D eigenvalue weighted by molar-refractivity contribution is 7.87. The zero-order valence-corrected chi connectivity index (χ0v) is 14.8. The second kappa shape index (κ2) is 6.85. The van der Waals surface area contributed by atoms with Crippen LogP contribution in [0.2, 0.25) is 0 Å². The summed E-state index contributed by atoms with van der Waals surface area (Å²) >= 11 is 0. The number of morpholine rings is 1. The minimum absolute atomic E-state index is 0.0429. The van der Waals surface area contributed by atoms with Gasteiger partial charge in [0.1, 0.15) is 23.4 Å². The van der Waals surface area contributed by atoms with Gasteiger partial charge in [-0.15, -0.1) is 0 Å². The number of likely N-dealkylation sites (N-methyl/N-ethyl adjacent to an activating group) is 1. The fraction of sp³-hybridized carbons (Fsp3) is 0.278. The fourth-order valence-corrected chi connectivity index (χ4v) is 3.43. The van der Waals surface area contributed by atoms with Crippen molar-refractivity contribution in [2.75, 3.05) is 20.2 Å². The third kappa shape index (κ3) is 4.00. The molecule has 132 valence electrons. The summed E-state index contributed by atoms with van der Waals surface area (Å²) in [6, 6.07) is 13.1. The van der Waals surface area contributed by atoms with Crippen LogP contribution in [-0.2, 0) is 19.6 Å². The SMILES string of the molecule is Cc1ccc(S(=O)(=O)Oc2ccc([C@H]3CN(C)C(=O)CO3)cc2)cc1. The van der Waals surface area contributed by atoms with Gasteiger partial charge in [0.15, 0.2) is 0 Å². The van der Waals surface area contributed by atoms with E-state index in [0.717, 1.165) is 11.1 Å². The Kier molecular flexibility index (Phi) is 4.78. The zero-order valence-electron chi connectivity index (χ0n) is 14.0. The Balaban J connectivity index is 1.72. The Morgan fingerprint density at radius 3 is 2.32 bits per heavy atom. The molecule has 1 heterocycles. The summed E-state index contributed by atoms with van der Waals surface area (Å²) in [5.74, 6) is 0.171. The van der Waals surface area contributed by atoms with E-state index < -0.39 is 10.1 Å². The molecule has 1 saturated heterocycles. The molecule has 1 atom stereocenters. The topological polar surface area (TPSA) is 72.9 Å². The maximum absolute atomic E-state index is 12.3. The summed E-state index contributed by atoms with van der Waals surface area (Å²) in [4.78, 5) is 13.2. The van der Waals surface area contributed by atoms with Crippen LogP contribution in [-0.4, -0.2) is 39.4 Å². The normalized spacial score (nSPS) is 18.2. The first-order valence-electron chi connectivity index (χ1n) is 7.82. The number of rotatable bonds is 4. The number of carbonyl (C=O) groups is 1. The highest BCUT2D eigenvalue weighted by atomic mass is 32.2. The van der Waals surface area contributed by atoms with Crippen molar-refractivity contribution in [1.29, 1.82) is 0 Å². The lowest BCUT2D eigenvalue weighted by atomic mass is 10.1. The van der Waals surface area contributed by atoms with Crippen LogP contribution in [0.3, 0.4) is 0 Å². The fourth-order valence-electron chi connectivity index (χ4n) is 2.50. The molecule has 0 aromatic heterocycles. The van der Waals surface area contributed by atoms with E-state index in [0.29, 0.717) is 6.54 Å². The van der Waals surface area contributed by atoms with Crippen molar-refractivity contribution in [2.24, 2.45) is 0 Å². The highest BCUT2D eigenvalue weighted by Gasteiger charge is 2.25. The molecule has 6 nitrogen and oxygen atoms in total. The van der Waals surface area contributed by atoms with E-state index in [1.807, 2.05) is 6.92 Å². The molecule has 1 amide bonds. The smallest absolute Gasteiger partial charge is 0.339 e. The van der Waals surface area contributed by atoms with E-state index in [9.17, 15) is 13.2 Å². The number of nitrogens with zero attached hydrogens (tertiary/aromatic N) is 1. The molecule has 0 spiro atoms. The lowest BCUT2D eigenvalue weighted by Gasteiger charge is -2.30. The lowest BCUT2D eigenvalue weighted by molar-refractivity contribution is -0.147. The van der Waals surface area contributed by atoms with Gasteiger partial charge in [0.25, 0.3) is 0 Å². The Bertz CT molecular complexity index is 859. The van der Waals surface area contributed by atoms with Crippen LogP contribution in [0.4, 0.5) is 0 Å². The van der Waals surface area contributed by atoms with E-state index in [1.165, 1.54) is 12.1 Å². The Morgan fingerprint density at radius 1 is 1.08 bits per heavy atom. The molecule has 1 fully saturated rings. The summed E-state index contributed by atoms with van der Waals surface area (Å²) < 4.78 is 35.3. The molecular weight excluding hydrogens is 342 g/mol. The van der Waals surface area contributed by atoms with E-state index >= 15 is 0 Å². The monoisotopic (exact) mass is 361 g/mol. The molecule has 1 aliphatic heterocycles. The second-order valence-corrected chi connectivity index (χ2v) is 7.54. The molecule has 3 rings (SSSR count). The van der Waals surface area contributed by atoms with E-state index in [4.69, 9.17) is 8.92 Å². The van der Waals surface area contributed by atoms with Crippen LogP contribution >= 0.6 is 0 Å². The van der Waals surface area contributed by atoms with Crippen LogP contribution in [0, 0.1) is 6.92 Å². The standard InChI is InChI=1S/C18H19NO5S/c1-13-3-9-16(10-4-13)25(21,22)24-15-7-5-14(6-8-15)17-11-19(2)18(20)12-23-17/h3-10,17H,11-12H2,1-2H3/t17-/m1/s1. The van der Waals surface area contributed by atoms with E-state index in [1.54, 1.807) is 48.3 Å². The molecule has 0 N–H and O–H groups in total. The average Bonchev–Trinajstić information content (AvgIpc) is 2.58. The molecule has 25 heavy (non-hydrogen) atoms. The number of aryl methyl sites for hydroxylation is 1. The van der Waals surface area contributed by atoms with E-state index in [2.05, 4.69) is 0 Å². The van der Waals surface area contributed by atoms with Crippen molar-refractivity contribution in [2.45, 2.75) is 17.9 Å². The third-order valence-electron chi connectivity index (χ3n) is 4.04. The van der Waals surface area contributed by atoms with Crippen molar-refractivity contribution in [3.05, 3.63) is 59.7 Å². The number of benzene rings is 2. The van der Waals surface area contributed by atoms with Crippen molar-refractivity contribution in [3.63, 3.8) is 0 Å². The molecule has 2 aromatic carbocycles. The average molecular weight is 361 g/mol. The van der Waals surface area contributed by atoms with Crippen LogP contribution in [0.1, 0.15) is 17.2 Å². The van der Waals surface area contributed by atoms with Crippen LogP contribution < -0.4 is 4.18 Å². The van der Waals surface area contributed by atoms with Gasteiger partial charge in [-0.05, 0) is 36.8 Å². The van der Waals surface area contributed by atoms with Gasteiger partial charge in [0.05, 0.1) is 6.54 Å². The van der Waals surface area contributed by atoms with Gasteiger partial charge < -0.3 is 13.8 Å². The van der Waals surface area contributed by atoms with Gasteiger partial charge in [-0.2, -0.15) is 8.42 Å². The molecule has 0 unspecified atom stereocenters. The number of hydrogen-bond acceptors (Lipinski definition) is 5. The predicted molar refractivity (Wildman–Crippen MR) is 91.8 cm³/mol. The number of carbonyl (C=O) groups excluding carboxylic acids is 1. The Labute approximate surface area is 147 Å². The molecule has 1 aliphatic rings. The first-order chi connectivity index (χ1) is 11.8. The van der Waals surface area contributed by atoms with Gasteiger partial charge in [-0.3, -0.25) is 4.79 Å². The number of amides is 1. The lowest BCUT2D eigenvalue weighted by Crippen LogP contribution is -2.40. The van der Waals surface area contributed by atoms with Gasteiger partial charge in [0.2, 0.25) is 5.91 Å². The zero-order chi connectivity index (χ0) is 18.0. The summed E-state index contributed by atoms with van der Waals surface area (Å²) in [5, 5.41) is 0. The molecule has 7 heteroatoms. The van der Waals surface area contributed by atoms with Crippen molar-refractivity contribution < 1.29 is 22.1 Å². The second-order valence-electron chi connectivity index (χ2n) is 5.99. The molecule has 0 aliphatic carbocycles. The quantitative estimate of drug-likeness (QED) is 0.781. The van der Waals surface area contributed by atoms with Crippen LogP contribution in [0.25, 0.3) is 0 Å². The number of ether oxygens (including phenoxy) is 1. The van der Waals surface area contributed by atoms with Crippen LogP contribution in [0.15, 0.2) is 53.4 Å². The molecular formula is C18H19NO5S. The van der Waals surface area contributed by atoms with Gasteiger partial charge in [-0.25, -0.2) is 0 Å². The third-order valence-corrected chi connectivity index (χ3v) is 5.30. The summed E-state index contributed by atoms with van der Waals surface area (Å²) in [7, 11) is -2.14. The summed E-state index contributed by atoms with van der Waals surface area (Å²) in [6.45, 7) is 2.39. The Hall–Kier alpha value is -2.38. The van der Waals surface area contributed by atoms with E-state index in [-0.39, 0.29) is 29.3 Å². The maximum Gasteiger partial charge on any atom is 0.339 e. The molecule has 2 aromatic rings. The summed E-state index contributed by atoms with van der Waals surface area (Å²) in [5.41, 5.74) is 1.83. The minimum atomic E-state index is -3.87. The highest BCUT2D eigenvalue weighted by Crippen LogP contribution is 2.25. The largest absolute Gasteiger partial charge is 0.379 e. The Morgan fingerprint density at radius 2 is 1.72 bits per heavy atom. The van der Waals surface area contributed by atoms with Gasteiger partial charge in [-0.1, -0.05) is 29.8 Å². The predicted octanol–water partition coefficient (Wildman–Crippen LogP) is 2.29. The van der Waals surface area contributed by atoms with Gasteiger partial charge in [0, 0.05) is 7.05 Å².